The highest BCUT2D eigenvalue weighted by Gasteiger charge is 2.09. The van der Waals surface area contributed by atoms with E-state index in [-0.39, 0.29) is 11.7 Å². The Labute approximate surface area is 177 Å². The number of aromatic nitrogens is 1. The molecule has 0 radical (unpaired) electrons. The fraction of sp³-hybridized carbons (Fsp3) is 0.333. The van der Waals surface area contributed by atoms with Gasteiger partial charge in [0.05, 0.1) is 10.2 Å². The third-order valence-corrected chi connectivity index (χ3v) is 6.92. The van der Waals surface area contributed by atoms with Crippen molar-refractivity contribution in [3.63, 3.8) is 0 Å². The number of carbonyl (C=O) groups is 1. The molecule has 0 spiro atoms. The number of halogens is 1. The van der Waals surface area contributed by atoms with Crippen molar-refractivity contribution in [1.29, 1.82) is 0 Å². The zero-order valence-corrected chi connectivity index (χ0v) is 18.2. The second kappa shape index (κ2) is 10.8. The number of hydrogen-bond acceptors (Lipinski definition) is 4. The molecule has 0 aliphatic carbocycles. The predicted molar refractivity (Wildman–Crippen MR) is 121 cm³/mol. The smallest absolute Gasteiger partial charge is 0.248 e. The lowest BCUT2D eigenvalue weighted by molar-refractivity contribution is -0.118. The van der Waals surface area contributed by atoms with Crippen LogP contribution in [0.1, 0.15) is 18.4 Å². The van der Waals surface area contributed by atoms with Crippen molar-refractivity contribution >= 4 is 51.0 Å². The summed E-state index contributed by atoms with van der Waals surface area (Å²) in [5, 5.41) is 0. The summed E-state index contributed by atoms with van der Waals surface area (Å²) in [6.45, 7) is 0.756. The largest absolute Gasteiger partial charge is 0.316 e. The van der Waals surface area contributed by atoms with Crippen molar-refractivity contribution in [1.82, 2.24) is 4.57 Å². The van der Waals surface area contributed by atoms with E-state index in [9.17, 15) is 9.18 Å². The Morgan fingerprint density at radius 3 is 2.79 bits per heavy atom. The quantitative estimate of drug-likeness (QED) is 0.426. The van der Waals surface area contributed by atoms with Crippen molar-refractivity contribution < 1.29 is 9.18 Å². The molecule has 1 amide bonds. The van der Waals surface area contributed by atoms with Gasteiger partial charge >= 0.3 is 0 Å². The van der Waals surface area contributed by atoms with E-state index in [0.29, 0.717) is 11.2 Å². The molecule has 0 atom stereocenters. The molecule has 3 rings (SSSR count). The molecule has 0 fully saturated rings. The average molecular weight is 435 g/mol. The van der Waals surface area contributed by atoms with Crippen molar-refractivity contribution in [2.24, 2.45) is 4.99 Å². The average Bonchev–Trinajstić information content (AvgIpc) is 3.02. The number of benzene rings is 2. The van der Waals surface area contributed by atoms with Crippen LogP contribution in [0.5, 0.6) is 0 Å². The van der Waals surface area contributed by atoms with E-state index >= 15 is 0 Å². The highest BCUT2D eigenvalue weighted by molar-refractivity contribution is 7.98. The molecule has 28 heavy (non-hydrogen) atoms. The van der Waals surface area contributed by atoms with Crippen LogP contribution < -0.4 is 4.80 Å². The SMILES string of the molecule is CSCCn1c(=NC(=O)CCCSCc2ccccc2)sc2cc(F)ccc21. The lowest BCUT2D eigenvalue weighted by Gasteiger charge is -2.03. The minimum Gasteiger partial charge on any atom is -0.316 e. The van der Waals surface area contributed by atoms with Gasteiger partial charge in [0, 0.05) is 24.5 Å². The van der Waals surface area contributed by atoms with Crippen LogP contribution in [0, 0.1) is 5.82 Å². The van der Waals surface area contributed by atoms with Crippen molar-refractivity contribution in [2.75, 3.05) is 17.8 Å². The van der Waals surface area contributed by atoms with Gasteiger partial charge in [-0.25, -0.2) is 4.39 Å². The summed E-state index contributed by atoms with van der Waals surface area (Å²) in [5.41, 5.74) is 2.24. The number of carbonyl (C=O) groups excluding carboxylic acids is 1. The van der Waals surface area contributed by atoms with Crippen LogP contribution in [0.15, 0.2) is 53.5 Å². The fourth-order valence-electron chi connectivity index (χ4n) is 2.78. The van der Waals surface area contributed by atoms with Crippen LogP contribution in [0.3, 0.4) is 0 Å². The van der Waals surface area contributed by atoms with Crippen LogP contribution in [-0.2, 0) is 17.1 Å². The minimum absolute atomic E-state index is 0.106. The van der Waals surface area contributed by atoms with E-state index in [1.54, 1.807) is 17.8 Å². The second-order valence-corrected chi connectivity index (χ2v) is 9.39. The molecule has 0 saturated carbocycles. The Kier molecular flexibility index (Phi) is 8.18. The molecular formula is C21H23FN2OS3. The van der Waals surface area contributed by atoms with Gasteiger partial charge in [-0.05, 0) is 42.2 Å². The first-order chi connectivity index (χ1) is 13.7. The fourth-order valence-corrected chi connectivity index (χ4v) is 5.17. The molecule has 1 aromatic heterocycles. The summed E-state index contributed by atoms with van der Waals surface area (Å²) in [6.07, 6.45) is 3.29. The normalized spacial score (nSPS) is 12.0. The molecular weight excluding hydrogens is 411 g/mol. The Morgan fingerprint density at radius 1 is 1.18 bits per heavy atom. The van der Waals surface area contributed by atoms with E-state index in [1.807, 2.05) is 40.8 Å². The van der Waals surface area contributed by atoms with E-state index < -0.39 is 0 Å². The van der Waals surface area contributed by atoms with E-state index in [2.05, 4.69) is 17.1 Å². The summed E-state index contributed by atoms with van der Waals surface area (Å²) >= 11 is 4.95. The standard InChI is InChI=1S/C21H23FN2OS3/c1-26-13-11-24-18-10-9-17(22)14-19(18)28-21(24)23-20(25)8-5-12-27-15-16-6-3-2-4-7-16/h2-4,6-7,9-10,14H,5,8,11-13,15H2,1H3. The Balaban J connectivity index is 1.61. The van der Waals surface area contributed by atoms with E-state index in [1.165, 1.54) is 29.0 Å². The molecule has 7 heteroatoms. The Bertz CT molecular complexity index is 982. The molecule has 0 N–H and O–H groups in total. The predicted octanol–water partition coefficient (Wildman–Crippen LogP) is 5.35. The summed E-state index contributed by atoms with van der Waals surface area (Å²) in [4.78, 5) is 17.4. The maximum absolute atomic E-state index is 13.5. The van der Waals surface area contributed by atoms with Gasteiger partial charge in [0.25, 0.3) is 0 Å². The van der Waals surface area contributed by atoms with Crippen LogP contribution >= 0.6 is 34.9 Å². The van der Waals surface area contributed by atoms with Crippen LogP contribution in [0.4, 0.5) is 4.39 Å². The number of rotatable bonds is 9. The van der Waals surface area contributed by atoms with Gasteiger partial charge in [0.2, 0.25) is 5.91 Å². The summed E-state index contributed by atoms with van der Waals surface area (Å²) in [5.74, 6) is 2.44. The summed E-state index contributed by atoms with van der Waals surface area (Å²) < 4.78 is 16.4. The molecule has 3 nitrogen and oxygen atoms in total. The number of aryl methyl sites for hydroxylation is 1. The molecule has 0 unspecified atom stereocenters. The zero-order chi connectivity index (χ0) is 19.8. The van der Waals surface area contributed by atoms with E-state index in [0.717, 1.165) is 40.4 Å². The van der Waals surface area contributed by atoms with Crippen molar-refractivity contribution in [2.45, 2.75) is 25.1 Å². The molecule has 0 aliphatic rings. The maximum Gasteiger partial charge on any atom is 0.248 e. The van der Waals surface area contributed by atoms with Crippen molar-refractivity contribution in [3.8, 4) is 0 Å². The van der Waals surface area contributed by atoms with Gasteiger partial charge in [-0.1, -0.05) is 41.7 Å². The summed E-state index contributed by atoms with van der Waals surface area (Å²) in [6, 6.07) is 15.1. The number of fused-ring (bicyclic) bond motifs is 1. The number of amides is 1. The van der Waals surface area contributed by atoms with Gasteiger partial charge in [-0.2, -0.15) is 28.5 Å². The van der Waals surface area contributed by atoms with Gasteiger partial charge < -0.3 is 4.57 Å². The van der Waals surface area contributed by atoms with Gasteiger partial charge in [-0.3, -0.25) is 4.79 Å². The second-order valence-electron chi connectivity index (χ2n) is 6.29. The zero-order valence-electron chi connectivity index (χ0n) is 15.8. The molecule has 0 aliphatic heterocycles. The Morgan fingerprint density at radius 2 is 2.00 bits per heavy atom. The molecule has 2 aromatic carbocycles. The van der Waals surface area contributed by atoms with Crippen LogP contribution in [-0.4, -0.2) is 28.2 Å². The lowest BCUT2D eigenvalue weighted by Crippen LogP contribution is -2.18. The first-order valence-electron chi connectivity index (χ1n) is 9.14. The van der Waals surface area contributed by atoms with Gasteiger partial charge in [-0.15, -0.1) is 0 Å². The third kappa shape index (κ3) is 5.96. The molecule has 3 aromatic rings. The lowest BCUT2D eigenvalue weighted by atomic mass is 10.2. The maximum atomic E-state index is 13.5. The van der Waals surface area contributed by atoms with Crippen LogP contribution in [0.25, 0.3) is 10.2 Å². The minimum atomic E-state index is -0.265. The molecule has 1 heterocycles. The number of nitrogens with zero attached hydrogens (tertiary/aromatic N) is 2. The highest BCUT2D eigenvalue weighted by atomic mass is 32.2. The number of thiazole rings is 1. The van der Waals surface area contributed by atoms with Gasteiger partial charge in [0.1, 0.15) is 5.82 Å². The summed E-state index contributed by atoms with van der Waals surface area (Å²) in [7, 11) is 0. The topological polar surface area (TPSA) is 34.4 Å². The van der Waals surface area contributed by atoms with Crippen molar-refractivity contribution in [3.05, 3.63) is 64.7 Å². The first-order valence-corrected chi connectivity index (χ1v) is 12.5. The number of hydrogen-bond donors (Lipinski definition) is 0. The Hall–Kier alpha value is -1.57. The van der Waals surface area contributed by atoms with Gasteiger partial charge in [0.15, 0.2) is 4.80 Å². The molecule has 0 bridgehead atoms. The number of thioether (sulfide) groups is 2. The van der Waals surface area contributed by atoms with E-state index in [4.69, 9.17) is 0 Å². The molecule has 148 valence electrons. The monoisotopic (exact) mass is 434 g/mol. The highest BCUT2D eigenvalue weighted by Crippen LogP contribution is 2.19. The molecule has 0 saturated heterocycles. The van der Waals surface area contributed by atoms with Crippen LogP contribution in [0.2, 0.25) is 0 Å². The third-order valence-electron chi connectivity index (χ3n) is 4.18. The first kappa shape index (κ1) is 21.1.